The number of rotatable bonds is 7. The van der Waals surface area contributed by atoms with Gasteiger partial charge in [0.25, 0.3) is 0 Å². The van der Waals surface area contributed by atoms with Crippen molar-refractivity contribution in [1.29, 1.82) is 5.26 Å². The second-order valence-electron chi connectivity index (χ2n) is 6.28. The van der Waals surface area contributed by atoms with Crippen molar-refractivity contribution in [3.63, 3.8) is 0 Å². The third-order valence-corrected chi connectivity index (χ3v) is 4.67. The van der Waals surface area contributed by atoms with Crippen LogP contribution in [0.25, 0.3) is 22.0 Å². The average Bonchev–Trinajstić information content (AvgIpc) is 2.74. The van der Waals surface area contributed by atoms with E-state index in [2.05, 4.69) is 6.07 Å². The van der Waals surface area contributed by atoms with Gasteiger partial charge in [0.15, 0.2) is 0 Å². The normalized spacial score (nSPS) is 10.5. The molecule has 1 heterocycles. The Hall–Kier alpha value is -3.46. The van der Waals surface area contributed by atoms with Crippen molar-refractivity contribution in [2.75, 3.05) is 21.3 Å². The Morgan fingerprint density at radius 1 is 1.00 bits per heavy atom. The molecule has 0 fully saturated rings. The number of aromatic nitrogens is 1. The highest BCUT2D eigenvalue weighted by Crippen LogP contribution is 2.31. The molecule has 1 aromatic heterocycles. The summed E-state index contributed by atoms with van der Waals surface area (Å²) in [6, 6.07) is 13.1. The van der Waals surface area contributed by atoms with Crippen LogP contribution in [0.5, 0.6) is 17.2 Å². The van der Waals surface area contributed by atoms with Crippen LogP contribution in [0.4, 0.5) is 0 Å². The number of hydrogen-bond donors (Lipinski definition) is 0. The van der Waals surface area contributed by atoms with Crippen molar-refractivity contribution in [3.05, 3.63) is 52.8 Å². The summed E-state index contributed by atoms with van der Waals surface area (Å²) in [5.74, 6) is 1.79. The predicted molar refractivity (Wildman–Crippen MR) is 108 cm³/mol. The number of fused-ring (bicyclic) bond motifs is 1. The molecule has 0 amide bonds. The van der Waals surface area contributed by atoms with Gasteiger partial charge in [0.2, 0.25) is 5.43 Å². The maximum absolute atomic E-state index is 13.3. The molecule has 28 heavy (non-hydrogen) atoms. The molecule has 6 nitrogen and oxygen atoms in total. The highest BCUT2D eigenvalue weighted by molar-refractivity contribution is 5.90. The largest absolute Gasteiger partial charge is 0.497 e. The Labute approximate surface area is 163 Å². The van der Waals surface area contributed by atoms with E-state index < -0.39 is 0 Å². The second-order valence-corrected chi connectivity index (χ2v) is 6.28. The van der Waals surface area contributed by atoms with Gasteiger partial charge in [-0.1, -0.05) is 12.1 Å². The van der Waals surface area contributed by atoms with Gasteiger partial charge in [-0.15, -0.1) is 0 Å². The minimum absolute atomic E-state index is 0.115. The Morgan fingerprint density at radius 3 is 2.32 bits per heavy atom. The number of unbranched alkanes of at least 4 members (excludes halogenated alkanes) is 1. The average molecular weight is 378 g/mol. The molecule has 144 valence electrons. The number of methoxy groups -OCH3 is 3. The number of benzene rings is 2. The maximum atomic E-state index is 13.3. The molecule has 6 heteroatoms. The minimum Gasteiger partial charge on any atom is -0.497 e. The third-order valence-electron chi connectivity index (χ3n) is 4.67. The Kier molecular flexibility index (Phi) is 5.85. The molecule has 0 atom stereocenters. The van der Waals surface area contributed by atoms with Crippen LogP contribution in [-0.2, 0) is 6.54 Å². The van der Waals surface area contributed by atoms with Crippen LogP contribution in [0, 0.1) is 11.3 Å². The first-order valence-corrected chi connectivity index (χ1v) is 8.93. The molecule has 0 saturated heterocycles. The molecule has 2 aromatic carbocycles. The van der Waals surface area contributed by atoms with Crippen LogP contribution in [0.2, 0.25) is 0 Å². The lowest BCUT2D eigenvalue weighted by molar-refractivity contribution is 0.397. The lowest BCUT2D eigenvalue weighted by atomic mass is 10.0. The second kappa shape index (κ2) is 8.49. The molecule has 0 saturated carbocycles. The molecule has 0 spiro atoms. The standard InChI is InChI=1S/C22H22N2O4/c1-26-16-8-6-15(7-9-16)18-14-24(11-5-4-10-23)19-12-17(27-2)13-20(28-3)21(19)22(18)25/h6-9,12-14H,4-5,11H2,1-3H3. The maximum Gasteiger partial charge on any atom is 0.200 e. The summed E-state index contributed by atoms with van der Waals surface area (Å²) >= 11 is 0. The molecule has 0 N–H and O–H groups in total. The fourth-order valence-corrected chi connectivity index (χ4v) is 3.22. The van der Waals surface area contributed by atoms with Gasteiger partial charge in [-0.05, 0) is 24.1 Å². The highest BCUT2D eigenvalue weighted by atomic mass is 16.5. The first kappa shape index (κ1) is 19.3. The van der Waals surface area contributed by atoms with Crippen molar-refractivity contribution < 1.29 is 14.2 Å². The van der Waals surface area contributed by atoms with Gasteiger partial charge in [0, 0.05) is 36.9 Å². The van der Waals surface area contributed by atoms with E-state index in [1.54, 1.807) is 20.3 Å². The number of nitrogens with zero attached hydrogens (tertiary/aromatic N) is 2. The summed E-state index contributed by atoms with van der Waals surface area (Å²) in [5.41, 5.74) is 1.96. The van der Waals surface area contributed by atoms with Crippen LogP contribution in [0.15, 0.2) is 47.4 Å². The predicted octanol–water partition coefficient (Wildman–Crippen LogP) is 4.00. The lowest BCUT2D eigenvalue weighted by Gasteiger charge is -2.16. The van der Waals surface area contributed by atoms with E-state index in [4.69, 9.17) is 19.5 Å². The Morgan fingerprint density at radius 2 is 1.71 bits per heavy atom. The van der Waals surface area contributed by atoms with E-state index in [0.717, 1.165) is 16.8 Å². The van der Waals surface area contributed by atoms with Crippen LogP contribution in [-0.4, -0.2) is 25.9 Å². The number of nitriles is 1. The van der Waals surface area contributed by atoms with Crippen molar-refractivity contribution in [2.45, 2.75) is 19.4 Å². The monoisotopic (exact) mass is 378 g/mol. The van der Waals surface area contributed by atoms with Gasteiger partial charge in [0.1, 0.15) is 17.2 Å². The topological polar surface area (TPSA) is 73.5 Å². The molecule has 0 bridgehead atoms. The molecule has 3 aromatic rings. The summed E-state index contributed by atoms with van der Waals surface area (Å²) in [7, 11) is 4.71. The first-order chi connectivity index (χ1) is 13.6. The zero-order chi connectivity index (χ0) is 20.1. The summed E-state index contributed by atoms with van der Waals surface area (Å²) in [6.07, 6.45) is 2.95. The van der Waals surface area contributed by atoms with Gasteiger partial charge in [-0.3, -0.25) is 4.79 Å². The van der Waals surface area contributed by atoms with Crippen molar-refractivity contribution in [3.8, 4) is 34.4 Å². The molecular formula is C22H22N2O4. The number of hydrogen-bond acceptors (Lipinski definition) is 5. The molecule has 3 rings (SSSR count). The summed E-state index contributed by atoms with van der Waals surface area (Å²) < 4.78 is 18.1. The van der Waals surface area contributed by atoms with Gasteiger partial charge < -0.3 is 18.8 Å². The summed E-state index contributed by atoms with van der Waals surface area (Å²) in [6.45, 7) is 0.601. The smallest absolute Gasteiger partial charge is 0.200 e. The quantitative estimate of drug-likeness (QED) is 0.581. The molecule has 0 aliphatic rings. The van der Waals surface area contributed by atoms with Gasteiger partial charge in [-0.25, -0.2) is 0 Å². The number of ether oxygens (including phenoxy) is 3. The van der Waals surface area contributed by atoms with E-state index >= 15 is 0 Å². The lowest BCUT2D eigenvalue weighted by Crippen LogP contribution is -2.13. The van der Waals surface area contributed by atoms with Crippen LogP contribution < -0.4 is 19.6 Å². The zero-order valence-corrected chi connectivity index (χ0v) is 16.2. The third kappa shape index (κ3) is 3.65. The Balaban J connectivity index is 2.28. The molecule has 0 unspecified atom stereocenters. The molecular weight excluding hydrogens is 356 g/mol. The molecule has 0 aliphatic carbocycles. The minimum atomic E-state index is -0.115. The van der Waals surface area contributed by atoms with Crippen molar-refractivity contribution in [1.82, 2.24) is 4.57 Å². The van der Waals surface area contributed by atoms with Crippen LogP contribution in [0.1, 0.15) is 12.8 Å². The fourth-order valence-electron chi connectivity index (χ4n) is 3.22. The number of aryl methyl sites for hydroxylation is 1. The van der Waals surface area contributed by atoms with Crippen molar-refractivity contribution >= 4 is 10.9 Å². The number of pyridine rings is 1. The Bertz CT molecular complexity index is 1080. The SMILES string of the molecule is COc1ccc(-c2cn(CCCC#N)c3cc(OC)cc(OC)c3c2=O)cc1. The van der Waals surface area contributed by atoms with Gasteiger partial charge >= 0.3 is 0 Å². The van der Waals surface area contributed by atoms with E-state index in [0.29, 0.717) is 41.8 Å². The van der Waals surface area contributed by atoms with E-state index in [1.165, 1.54) is 7.11 Å². The fraction of sp³-hybridized carbons (Fsp3) is 0.273. The van der Waals surface area contributed by atoms with E-state index in [-0.39, 0.29) is 5.43 Å². The summed E-state index contributed by atoms with van der Waals surface area (Å²) in [4.78, 5) is 13.3. The first-order valence-electron chi connectivity index (χ1n) is 8.93. The van der Waals surface area contributed by atoms with Crippen LogP contribution in [0.3, 0.4) is 0 Å². The molecule has 0 radical (unpaired) electrons. The summed E-state index contributed by atoms with van der Waals surface area (Å²) in [5, 5.41) is 9.38. The van der Waals surface area contributed by atoms with E-state index in [9.17, 15) is 4.79 Å². The highest BCUT2D eigenvalue weighted by Gasteiger charge is 2.16. The van der Waals surface area contributed by atoms with Gasteiger partial charge in [-0.2, -0.15) is 5.26 Å². The zero-order valence-electron chi connectivity index (χ0n) is 16.2. The van der Waals surface area contributed by atoms with E-state index in [1.807, 2.05) is 41.1 Å². The van der Waals surface area contributed by atoms with Crippen molar-refractivity contribution in [2.24, 2.45) is 0 Å². The van der Waals surface area contributed by atoms with Crippen LogP contribution >= 0.6 is 0 Å². The van der Waals surface area contributed by atoms with Gasteiger partial charge in [0.05, 0.1) is 38.3 Å². The molecule has 0 aliphatic heterocycles.